The predicted molar refractivity (Wildman–Crippen MR) is 122 cm³/mol. The normalized spacial score (nSPS) is 18.5. The Balaban J connectivity index is 1.71. The fraction of sp³-hybridized carbons (Fsp3) is 0.286. The Labute approximate surface area is 170 Å². The van der Waals surface area contributed by atoms with Gasteiger partial charge in [0.05, 0.1) is 0 Å². The molecule has 0 aromatic heterocycles. The number of hydrogen-bond donors (Lipinski definition) is 0. The number of aryl methyl sites for hydroxylation is 3. The van der Waals surface area contributed by atoms with Crippen LogP contribution in [0.4, 0.5) is 0 Å². The van der Waals surface area contributed by atoms with Gasteiger partial charge >= 0.3 is 0 Å². The molecule has 0 fully saturated rings. The van der Waals surface area contributed by atoms with Gasteiger partial charge in [-0.3, -0.25) is 0 Å². The van der Waals surface area contributed by atoms with E-state index in [1.54, 1.807) is 0 Å². The largest absolute Gasteiger partial charge is 0.101 e. The van der Waals surface area contributed by atoms with Gasteiger partial charge in [-0.25, -0.2) is 0 Å². The fourth-order valence-electron chi connectivity index (χ4n) is 3.57. The van der Waals surface area contributed by atoms with Crippen LogP contribution < -0.4 is 0 Å². The first-order chi connectivity index (χ1) is 13.7. The summed E-state index contributed by atoms with van der Waals surface area (Å²) in [7, 11) is 0. The van der Waals surface area contributed by atoms with E-state index in [4.69, 9.17) is 0 Å². The molecule has 3 rings (SSSR count). The van der Waals surface area contributed by atoms with Crippen LogP contribution in [0.1, 0.15) is 60.9 Å². The molecule has 2 aromatic rings. The molecule has 0 radical (unpaired) electrons. The van der Waals surface area contributed by atoms with Crippen molar-refractivity contribution in [3.63, 3.8) is 0 Å². The maximum absolute atomic E-state index is 3.23. The van der Waals surface area contributed by atoms with Crippen LogP contribution in [-0.2, 0) is 12.8 Å². The molecule has 2 aromatic carbocycles. The van der Waals surface area contributed by atoms with Crippen molar-refractivity contribution < 1.29 is 0 Å². The summed E-state index contributed by atoms with van der Waals surface area (Å²) in [6.07, 6.45) is 14.6. The summed E-state index contributed by atoms with van der Waals surface area (Å²) in [5.41, 5.74) is 9.39. The predicted octanol–water partition coefficient (Wildman–Crippen LogP) is 7.22. The number of rotatable bonds is 5. The third-order valence-electron chi connectivity index (χ3n) is 5.46. The Morgan fingerprint density at radius 2 is 1.71 bits per heavy atom. The molecule has 0 unspecified atom stereocenters. The summed E-state index contributed by atoms with van der Waals surface area (Å²) >= 11 is 0. The van der Waals surface area contributed by atoms with Crippen LogP contribution >= 0.6 is 0 Å². The maximum Gasteiger partial charge on any atom is 0.0280 e. The first-order valence-electron chi connectivity index (χ1n) is 10.3. The molecule has 28 heavy (non-hydrogen) atoms. The Kier molecular flexibility index (Phi) is 7.10. The van der Waals surface area contributed by atoms with E-state index in [9.17, 15) is 0 Å². The fourth-order valence-corrected chi connectivity index (χ4v) is 3.57. The zero-order valence-corrected chi connectivity index (χ0v) is 17.4. The molecule has 0 saturated heterocycles. The molecule has 1 aliphatic rings. The summed E-state index contributed by atoms with van der Waals surface area (Å²) in [5, 5.41) is 0. The van der Waals surface area contributed by atoms with E-state index in [0.29, 0.717) is 0 Å². The third kappa shape index (κ3) is 5.37. The third-order valence-corrected chi connectivity index (χ3v) is 5.46. The van der Waals surface area contributed by atoms with Gasteiger partial charge in [-0.15, -0.1) is 5.92 Å². The quantitative estimate of drug-likeness (QED) is 0.387. The highest BCUT2D eigenvalue weighted by Crippen LogP contribution is 2.26. The summed E-state index contributed by atoms with van der Waals surface area (Å²) < 4.78 is 0. The Morgan fingerprint density at radius 1 is 0.929 bits per heavy atom. The molecule has 0 amide bonds. The van der Waals surface area contributed by atoms with Crippen molar-refractivity contribution in [2.24, 2.45) is 0 Å². The lowest BCUT2D eigenvalue weighted by Crippen LogP contribution is -1.93. The number of benzene rings is 2. The molecule has 1 aliphatic carbocycles. The van der Waals surface area contributed by atoms with Crippen LogP contribution in [0, 0.1) is 18.8 Å². The molecule has 0 saturated carbocycles. The Bertz CT molecular complexity index is 953. The van der Waals surface area contributed by atoms with Gasteiger partial charge in [0.2, 0.25) is 0 Å². The molecule has 0 heteroatoms. The van der Waals surface area contributed by atoms with E-state index in [0.717, 1.165) is 37.7 Å². The lowest BCUT2D eigenvalue weighted by atomic mass is 9.93. The smallest absolute Gasteiger partial charge is 0.0280 e. The first kappa shape index (κ1) is 20.0. The van der Waals surface area contributed by atoms with Crippen LogP contribution in [0.15, 0.2) is 72.3 Å². The highest BCUT2D eigenvalue weighted by atomic mass is 14.1. The van der Waals surface area contributed by atoms with Crippen LogP contribution in [-0.4, -0.2) is 0 Å². The van der Waals surface area contributed by atoms with Crippen molar-refractivity contribution in [2.75, 3.05) is 0 Å². The van der Waals surface area contributed by atoms with Crippen LogP contribution in [0.3, 0.4) is 0 Å². The molecule has 0 spiro atoms. The van der Waals surface area contributed by atoms with Crippen molar-refractivity contribution in [3.05, 3.63) is 100 Å². The molecule has 0 nitrogen and oxygen atoms in total. The summed E-state index contributed by atoms with van der Waals surface area (Å²) in [6.45, 7) is 6.23. The number of allylic oxidation sites excluding steroid dienone is 6. The summed E-state index contributed by atoms with van der Waals surface area (Å²) in [4.78, 5) is 0. The van der Waals surface area contributed by atoms with Crippen molar-refractivity contribution >= 4 is 5.57 Å². The Hall–Kier alpha value is -2.78. The van der Waals surface area contributed by atoms with Gasteiger partial charge in [0.15, 0.2) is 0 Å². The molecule has 0 atom stereocenters. The maximum atomic E-state index is 3.23. The molecular formula is C28H30. The minimum absolute atomic E-state index is 0.983. The molecule has 0 heterocycles. The topological polar surface area (TPSA) is 0 Å². The SMILES string of the molecule is CC#Cc1cc(/C2=C/C=C\C/C(CCc3ccc(CC)cc3)=C\C2)ccc1C. The Morgan fingerprint density at radius 3 is 2.46 bits per heavy atom. The van der Waals surface area contributed by atoms with E-state index in [1.165, 1.54) is 33.4 Å². The van der Waals surface area contributed by atoms with Crippen LogP contribution in [0.25, 0.3) is 5.57 Å². The highest BCUT2D eigenvalue weighted by Gasteiger charge is 2.06. The van der Waals surface area contributed by atoms with Crippen LogP contribution in [0.2, 0.25) is 0 Å². The second kappa shape index (κ2) is 9.95. The van der Waals surface area contributed by atoms with E-state index in [2.05, 4.69) is 92.5 Å². The molecule has 0 aliphatic heterocycles. The number of hydrogen-bond acceptors (Lipinski definition) is 0. The van der Waals surface area contributed by atoms with Crippen molar-refractivity contribution in [2.45, 2.75) is 52.9 Å². The molecule has 0 bridgehead atoms. The van der Waals surface area contributed by atoms with Crippen molar-refractivity contribution in [3.8, 4) is 11.8 Å². The zero-order chi connectivity index (χ0) is 19.8. The monoisotopic (exact) mass is 366 g/mol. The van der Waals surface area contributed by atoms with Gasteiger partial charge in [-0.2, -0.15) is 0 Å². The average Bonchev–Trinajstić information content (AvgIpc) is 2.70. The van der Waals surface area contributed by atoms with E-state index < -0.39 is 0 Å². The van der Waals surface area contributed by atoms with Gasteiger partial charge in [0.25, 0.3) is 0 Å². The minimum Gasteiger partial charge on any atom is -0.101 e. The van der Waals surface area contributed by atoms with Crippen molar-refractivity contribution in [1.29, 1.82) is 0 Å². The minimum atomic E-state index is 0.983. The van der Waals surface area contributed by atoms with E-state index >= 15 is 0 Å². The lowest BCUT2D eigenvalue weighted by Gasteiger charge is -2.12. The standard InChI is InChI=1S/C28H30/c1-4-8-27-21-28(19-11-22(27)3)26-10-7-6-9-24(18-20-26)16-17-25-14-12-23(5-2)13-15-25/h6-7,10-15,18-19,21H,5,9,16-17,20H2,1-3H3/b7-6-,24-18+,26-10+. The van der Waals surface area contributed by atoms with Crippen LogP contribution in [0.5, 0.6) is 0 Å². The molecule has 142 valence electrons. The summed E-state index contributed by atoms with van der Waals surface area (Å²) in [5.74, 6) is 6.26. The molecular weight excluding hydrogens is 336 g/mol. The van der Waals surface area contributed by atoms with E-state index in [1.807, 2.05) is 6.92 Å². The van der Waals surface area contributed by atoms with Gasteiger partial charge < -0.3 is 0 Å². The zero-order valence-electron chi connectivity index (χ0n) is 17.4. The van der Waals surface area contributed by atoms with Gasteiger partial charge in [-0.05, 0) is 79.8 Å². The average molecular weight is 367 g/mol. The second-order valence-corrected chi connectivity index (χ2v) is 7.47. The first-order valence-corrected chi connectivity index (χ1v) is 10.3. The second-order valence-electron chi connectivity index (χ2n) is 7.47. The lowest BCUT2D eigenvalue weighted by molar-refractivity contribution is 0.901. The van der Waals surface area contributed by atoms with Gasteiger partial charge in [0, 0.05) is 5.56 Å². The van der Waals surface area contributed by atoms with Gasteiger partial charge in [-0.1, -0.05) is 79.1 Å². The van der Waals surface area contributed by atoms with Gasteiger partial charge in [0.1, 0.15) is 0 Å². The highest BCUT2D eigenvalue weighted by molar-refractivity contribution is 5.70. The summed E-state index contributed by atoms with van der Waals surface area (Å²) in [6, 6.07) is 15.7. The van der Waals surface area contributed by atoms with E-state index in [-0.39, 0.29) is 0 Å². The molecule has 0 N–H and O–H groups in total. The van der Waals surface area contributed by atoms with Crippen molar-refractivity contribution in [1.82, 2.24) is 0 Å².